The SMILES string of the molecule is CCc1cccc2c(C(CC(=O)N3CCC(c4ccc([N+](=O)[O-])cc4)CC3)c3cccc4c3OCO4)c[nH]c12. The Morgan fingerprint density at radius 3 is 2.56 bits per heavy atom. The molecule has 1 unspecified atom stereocenters. The first kappa shape index (κ1) is 25.0. The number of carbonyl (C=O) groups is 1. The number of rotatable bonds is 7. The van der Waals surface area contributed by atoms with Crippen LogP contribution in [0.25, 0.3) is 10.9 Å². The number of amides is 1. The van der Waals surface area contributed by atoms with Crippen molar-refractivity contribution in [3.05, 3.63) is 99.2 Å². The summed E-state index contributed by atoms with van der Waals surface area (Å²) in [5.74, 6) is 1.63. The summed E-state index contributed by atoms with van der Waals surface area (Å²) >= 11 is 0. The van der Waals surface area contributed by atoms with Gasteiger partial charge >= 0.3 is 0 Å². The number of ether oxygens (including phenoxy) is 2. The Labute approximate surface area is 226 Å². The number of H-pyrrole nitrogens is 1. The highest BCUT2D eigenvalue weighted by Crippen LogP contribution is 2.44. The van der Waals surface area contributed by atoms with E-state index in [0.29, 0.717) is 31.0 Å². The molecule has 2 aliphatic heterocycles. The van der Waals surface area contributed by atoms with E-state index in [-0.39, 0.29) is 35.1 Å². The largest absolute Gasteiger partial charge is 0.454 e. The molecule has 8 nitrogen and oxygen atoms in total. The Kier molecular flexibility index (Phi) is 6.69. The minimum absolute atomic E-state index is 0.0996. The number of aromatic amines is 1. The zero-order valence-electron chi connectivity index (χ0n) is 21.9. The van der Waals surface area contributed by atoms with Crippen LogP contribution < -0.4 is 9.47 Å². The maximum Gasteiger partial charge on any atom is 0.269 e. The third kappa shape index (κ3) is 4.71. The average Bonchev–Trinajstić information content (AvgIpc) is 3.63. The molecule has 4 aromatic rings. The highest BCUT2D eigenvalue weighted by molar-refractivity contribution is 5.88. The van der Waals surface area contributed by atoms with E-state index in [4.69, 9.17) is 9.47 Å². The highest BCUT2D eigenvalue weighted by Gasteiger charge is 2.31. The van der Waals surface area contributed by atoms with Gasteiger partial charge in [0.2, 0.25) is 12.7 Å². The zero-order valence-corrected chi connectivity index (χ0v) is 21.9. The number of benzene rings is 3. The molecule has 1 atom stereocenters. The Balaban J connectivity index is 1.25. The van der Waals surface area contributed by atoms with Gasteiger partial charge in [-0.3, -0.25) is 14.9 Å². The third-order valence-corrected chi connectivity index (χ3v) is 8.19. The maximum absolute atomic E-state index is 13.8. The molecule has 3 heterocycles. The van der Waals surface area contributed by atoms with Gasteiger partial charge in [0.1, 0.15) is 0 Å². The van der Waals surface area contributed by atoms with Gasteiger partial charge < -0.3 is 19.4 Å². The normalized spacial score (nSPS) is 16.0. The molecule has 2 aliphatic rings. The number of aromatic nitrogens is 1. The molecule has 0 spiro atoms. The molecule has 0 radical (unpaired) electrons. The topological polar surface area (TPSA) is 97.7 Å². The molecule has 200 valence electrons. The van der Waals surface area contributed by atoms with Crippen LogP contribution in [0.2, 0.25) is 0 Å². The zero-order chi connectivity index (χ0) is 26.9. The Hall–Kier alpha value is -4.33. The fourth-order valence-electron chi connectivity index (χ4n) is 6.07. The van der Waals surface area contributed by atoms with Gasteiger partial charge in [-0.25, -0.2) is 0 Å². The number of non-ortho nitro benzene ring substituents is 1. The van der Waals surface area contributed by atoms with Crippen LogP contribution in [0.3, 0.4) is 0 Å². The Morgan fingerprint density at radius 2 is 1.82 bits per heavy atom. The van der Waals surface area contributed by atoms with Crippen LogP contribution in [0.5, 0.6) is 11.5 Å². The van der Waals surface area contributed by atoms with Crippen molar-refractivity contribution in [1.82, 2.24) is 9.88 Å². The fraction of sp³-hybridized carbons (Fsp3) is 0.323. The van der Waals surface area contributed by atoms with E-state index in [1.807, 2.05) is 41.4 Å². The fourth-order valence-corrected chi connectivity index (χ4v) is 6.07. The van der Waals surface area contributed by atoms with E-state index in [2.05, 4.69) is 30.1 Å². The van der Waals surface area contributed by atoms with Crippen molar-refractivity contribution < 1.29 is 19.2 Å². The minimum atomic E-state index is -0.377. The molecule has 0 bridgehead atoms. The summed E-state index contributed by atoms with van der Waals surface area (Å²) in [4.78, 5) is 29.8. The number of piperidine rings is 1. The number of nitro groups is 1. The first-order valence-corrected chi connectivity index (χ1v) is 13.5. The lowest BCUT2D eigenvalue weighted by Crippen LogP contribution is -2.38. The van der Waals surface area contributed by atoms with Gasteiger partial charge in [0, 0.05) is 60.2 Å². The molecule has 8 heteroatoms. The first-order chi connectivity index (χ1) is 19.0. The predicted molar refractivity (Wildman–Crippen MR) is 148 cm³/mol. The van der Waals surface area contributed by atoms with E-state index in [0.717, 1.165) is 46.9 Å². The number of hydrogen-bond donors (Lipinski definition) is 1. The number of aryl methyl sites for hydroxylation is 1. The van der Waals surface area contributed by atoms with Gasteiger partial charge in [-0.2, -0.15) is 0 Å². The summed E-state index contributed by atoms with van der Waals surface area (Å²) in [6.07, 6.45) is 4.95. The summed E-state index contributed by atoms with van der Waals surface area (Å²) in [7, 11) is 0. The lowest BCUT2D eigenvalue weighted by atomic mass is 9.85. The van der Waals surface area contributed by atoms with Crippen LogP contribution in [0, 0.1) is 10.1 Å². The second-order valence-corrected chi connectivity index (χ2v) is 10.3. The lowest BCUT2D eigenvalue weighted by molar-refractivity contribution is -0.384. The number of nitro benzene ring substituents is 1. The molecule has 39 heavy (non-hydrogen) atoms. The van der Waals surface area contributed by atoms with Crippen LogP contribution in [0.1, 0.15) is 60.3 Å². The lowest BCUT2D eigenvalue weighted by Gasteiger charge is -2.33. The molecule has 0 aliphatic carbocycles. The smallest absolute Gasteiger partial charge is 0.269 e. The van der Waals surface area contributed by atoms with Gasteiger partial charge in [0.05, 0.1) is 4.92 Å². The first-order valence-electron chi connectivity index (χ1n) is 13.5. The van der Waals surface area contributed by atoms with Crippen molar-refractivity contribution in [2.45, 2.75) is 44.4 Å². The van der Waals surface area contributed by atoms with Crippen molar-refractivity contribution in [1.29, 1.82) is 0 Å². The molecule has 3 aromatic carbocycles. The number of nitrogens with one attached hydrogen (secondary N) is 1. The minimum Gasteiger partial charge on any atom is -0.454 e. The second kappa shape index (κ2) is 10.4. The van der Waals surface area contributed by atoms with Crippen molar-refractivity contribution >= 4 is 22.5 Å². The van der Waals surface area contributed by atoms with Crippen LogP contribution in [-0.4, -0.2) is 40.6 Å². The number of carbonyl (C=O) groups excluding carboxylic acids is 1. The molecule has 1 saturated heterocycles. The average molecular weight is 526 g/mol. The summed E-state index contributed by atoms with van der Waals surface area (Å²) < 4.78 is 11.5. The number of hydrogen-bond acceptors (Lipinski definition) is 5. The van der Waals surface area contributed by atoms with Crippen LogP contribution >= 0.6 is 0 Å². The highest BCUT2D eigenvalue weighted by atomic mass is 16.7. The van der Waals surface area contributed by atoms with E-state index in [1.54, 1.807) is 12.1 Å². The number of para-hydroxylation sites is 2. The number of likely N-dealkylation sites (tertiary alicyclic amines) is 1. The molecule has 6 rings (SSSR count). The molecule has 1 aromatic heterocycles. The van der Waals surface area contributed by atoms with Crippen molar-refractivity contribution in [3.8, 4) is 11.5 Å². The summed E-state index contributed by atoms with van der Waals surface area (Å²) in [6.45, 7) is 3.64. The van der Waals surface area contributed by atoms with Gasteiger partial charge in [-0.15, -0.1) is 0 Å². The molecular formula is C31H31N3O5. The van der Waals surface area contributed by atoms with E-state index >= 15 is 0 Å². The predicted octanol–water partition coefficient (Wildman–Crippen LogP) is 6.30. The quantitative estimate of drug-likeness (QED) is 0.226. The van der Waals surface area contributed by atoms with Crippen LogP contribution in [0.4, 0.5) is 5.69 Å². The molecular weight excluding hydrogens is 494 g/mol. The van der Waals surface area contributed by atoms with Crippen LogP contribution in [0.15, 0.2) is 66.9 Å². The Morgan fingerprint density at radius 1 is 1.05 bits per heavy atom. The monoisotopic (exact) mass is 525 g/mol. The van der Waals surface area contributed by atoms with Gasteiger partial charge in [-0.05, 0) is 47.9 Å². The molecule has 1 fully saturated rings. The standard InChI is InChI=1S/C31H31N3O5/c1-2-20-5-3-6-24-27(18-32-30(20)24)26(25-7-4-8-28-31(25)39-19-38-28)17-29(35)33-15-13-22(14-16-33)21-9-11-23(12-10-21)34(36)37/h3-12,18,22,26,32H,2,13-17,19H2,1H3. The molecule has 0 saturated carbocycles. The van der Waals surface area contributed by atoms with Gasteiger partial charge in [0.15, 0.2) is 11.5 Å². The van der Waals surface area contributed by atoms with Crippen molar-refractivity contribution in [2.24, 2.45) is 0 Å². The third-order valence-electron chi connectivity index (χ3n) is 8.19. The van der Waals surface area contributed by atoms with Gasteiger partial charge in [0.25, 0.3) is 5.69 Å². The summed E-state index contributed by atoms with van der Waals surface area (Å²) in [6, 6.07) is 19.0. The summed E-state index contributed by atoms with van der Waals surface area (Å²) in [5.41, 5.74) is 5.59. The number of nitrogens with zero attached hydrogens (tertiary/aromatic N) is 2. The maximum atomic E-state index is 13.8. The summed E-state index contributed by atoms with van der Waals surface area (Å²) in [5, 5.41) is 12.1. The van der Waals surface area contributed by atoms with Gasteiger partial charge in [-0.1, -0.05) is 49.4 Å². The van der Waals surface area contributed by atoms with Crippen molar-refractivity contribution in [2.75, 3.05) is 19.9 Å². The molecule has 1 amide bonds. The van der Waals surface area contributed by atoms with E-state index < -0.39 is 0 Å². The second-order valence-electron chi connectivity index (χ2n) is 10.3. The van der Waals surface area contributed by atoms with Crippen molar-refractivity contribution in [3.63, 3.8) is 0 Å². The number of fused-ring (bicyclic) bond motifs is 2. The van der Waals surface area contributed by atoms with E-state index in [1.165, 1.54) is 5.56 Å². The molecule has 1 N–H and O–H groups in total. The van der Waals surface area contributed by atoms with E-state index in [9.17, 15) is 14.9 Å². The van der Waals surface area contributed by atoms with Crippen LogP contribution in [-0.2, 0) is 11.2 Å². The Bertz CT molecular complexity index is 1520.